The molecule has 1 aliphatic carbocycles. The molecule has 13 heavy (non-hydrogen) atoms. The number of hydrogen-bond donors (Lipinski definition) is 1. The van der Waals surface area contributed by atoms with Gasteiger partial charge in [-0.05, 0) is 49.3 Å². The molecule has 0 amide bonds. The summed E-state index contributed by atoms with van der Waals surface area (Å²) in [6.07, 6.45) is 6.21. The van der Waals surface area contributed by atoms with Crippen LogP contribution in [0.15, 0.2) is 6.07 Å². The summed E-state index contributed by atoms with van der Waals surface area (Å²) in [5.74, 6) is 0. The highest BCUT2D eigenvalue weighted by molar-refractivity contribution is 7.71. The van der Waals surface area contributed by atoms with Crippen molar-refractivity contribution in [3.05, 3.63) is 27.5 Å². The van der Waals surface area contributed by atoms with Crippen LogP contribution in [0.2, 0.25) is 0 Å². The van der Waals surface area contributed by atoms with E-state index in [1.54, 1.807) is 5.56 Å². The van der Waals surface area contributed by atoms with Crippen molar-refractivity contribution < 1.29 is 0 Å². The second-order valence-electron chi connectivity index (χ2n) is 3.68. The van der Waals surface area contributed by atoms with E-state index in [2.05, 4.69) is 18.0 Å². The zero-order valence-corrected chi connectivity index (χ0v) is 8.84. The topological polar surface area (TPSA) is 15.8 Å². The molecular weight excluding hydrogens is 178 g/mol. The van der Waals surface area contributed by atoms with Crippen LogP contribution in [0.1, 0.15) is 36.6 Å². The van der Waals surface area contributed by atoms with Crippen LogP contribution in [0.25, 0.3) is 0 Å². The van der Waals surface area contributed by atoms with E-state index in [1.807, 2.05) is 0 Å². The molecule has 0 unspecified atom stereocenters. The van der Waals surface area contributed by atoms with Crippen LogP contribution in [0.5, 0.6) is 0 Å². The van der Waals surface area contributed by atoms with Gasteiger partial charge in [-0.1, -0.05) is 19.1 Å². The van der Waals surface area contributed by atoms with Crippen molar-refractivity contribution in [3.8, 4) is 0 Å². The molecular formula is C11H15NS. The van der Waals surface area contributed by atoms with Gasteiger partial charge in [-0.15, -0.1) is 0 Å². The minimum atomic E-state index is 0.900. The van der Waals surface area contributed by atoms with Gasteiger partial charge in [-0.25, -0.2) is 0 Å². The number of nitrogens with one attached hydrogen (secondary N) is 1. The molecule has 0 bridgehead atoms. The first-order chi connectivity index (χ1) is 6.31. The van der Waals surface area contributed by atoms with E-state index < -0.39 is 0 Å². The Balaban J connectivity index is 2.57. The Morgan fingerprint density at radius 3 is 2.92 bits per heavy atom. The predicted molar refractivity (Wildman–Crippen MR) is 57.6 cm³/mol. The van der Waals surface area contributed by atoms with Crippen molar-refractivity contribution in [1.82, 2.24) is 4.98 Å². The minimum Gasteiger partial charge on any atom is -0.350 e. The van der Waals surface area contributed by atoms with Crippen molar-refractivity contribution >= 4 is 12.2 Å². The molecule has 0 spiro atoms. The fourth-order valence-corrected chi connectivity index (χ4v) is 2.42. The summed E-state index contributed by atoms with van der Waals surface area (Å²) >= 11 is 5.20. The average molecular weight is 193 g/mol. The number of rotatable bonds is 1. The lowest BCUT2D eigenvalue weighted by Gasteiger charge is -2.18. The van der Waals surface area contributed by atoms with E-state index in [9.17, 15) is 0 Å². The Labute approximate surface area is 84.2 Å². The van der Waals surface area contributed by atoms with E-state index in [-0.39, 0.29) is 0 Å². The standard InChI is InChI=1S/C11H15NS/c1-2-10-9-6-4-3-5-8(9)7-11(13)12-10/h7H,2-6H2,1H3,(H,12,13). The van der Waals surface area contributed by atoms with Crippen LogP contribution in [0.4, 0.5) is 0 Å². The highest BCUT2D eigenvalue weighted by Gasteiger charge is 2.12. The van der Waals surface area contributed by atoms with Crippen LogP contribution in [0, 0.1) is 4.64 Å². The first-order valence-electron chi connectivity index (χ1n) is 5.05. The number of fused-ring (bicyclic) bond motifs is 1. The van der Waals surface area contributed by atoms with Crippen LogP contribution >= 0.6 is 12.2 Å². The summed E-state index contributed by atoms with van der Waals surface area (Å²) in [6.45, 7) is 2.19. The first-order valence-corrected chi connectivity index (χ1v) is 5.46. The Morgan fingerprint density at radius 2 is 2.15 bits per heavy atom. The SMILES string of the molecule is CCc1[nH]c(=S)cc2c1CCCC2. The Hall–Kier alpha value is -0.630. The summed E-state index contributed by atoms with van der Waals surface area (Å²) < 4.78 is 0.900. The summed E-state index contributed by atoms with van der Waals surface area (Å²) in [5.41, 5.74) is 4.40. The van der Waals surface area contributed by atoms with E-state index >= 15 is 0 Å². The Kier molecular flexibility index (Phi) is 2.49. The first kappa shape index (κ1) is 8.95. The molecule has 0 saturated heterocycles. The molecule has 0 saturated carbocycles. The van der Waals surface area contributed by atoms with Crippen LogP contribution in [-0.4, -0.2) is 4.98 Å². The number of hydrogen-bond acceptors (Lipinski definition) is 1. The van der Waals surface area contributed by atoms with Gasteiger partial charge in [-0.2, -0.15) is 0 Å². The van der Waals surface area contributed by atoms with Gasteiger partial charge in [0.25, 0.3) is 0 Å². The second-order valence-corrected chi connectivity index (χ2v) is 4.12. The van der Waals surface area contributed by atoms with E-state index in [1.165, 1.54) is 36.9 Å². The number of aromatic amines is 1. The van der Waals surface area contributed by atoms with Crippen molar-refractivity contribution in [2.45, 2.75) is 39.0 Å². The quantitative estimate of drug-likeness (QED) is 0.677. The zero-order chi connectivity index (χ0) is 9.26. The molecule has 1 aliphatic rings. The normalized spacial score (nSPS) is 15.5. The molecule has 1 N–H and O–H groups in total. The van der Waals surface area contributed by atoms with E-state index in [4.69, 9.17) is 12.2 Å². The molecule has 0 aliphatic heterocycles. The molecule has 1 aromatic heterocycles. The highest BCUT2D eigenvalue weighted by atomic mass is 32.1. The smallest absolute Gasteiger partial charge is 0.103 e. The molecule has 1 nitrogen and oxygen atoms in total. The maximum atomic E-state index is 5.20. The van der Waals surface area contributed by atoms with Crippen LogP contribution in [-0.2, 0) is 19.3 Å². The van der Waals surface area contributed by atoms with Crippen molar-refractivity contribution in [2.24, 2.45) is 0 Å². The maximum Gasteiger partial charge on any atom is 0.103 e. The Morgan fingerprint density at radius 1 is 1.38 bits per heavy atom. The monoisotopic (exact) mass is 193 g/mol. The molecule has 0 atom stereocenters. The third-order valence-electron chi connectivity index (χ3n) is 2.81. The molecule has 70 valence electrons. The van der Waals surface area contributed by atoms with Gasteiger partial charge in [-0.3, -0.25) is 0 Å². The van der Waals surface area contributed by atoms with Gasteiger partial charge in [0.1, 0.15) is 4.64 Å². The molecule has 1 aromatic rings. The number of aromatic nitrogens is 1. The third-order valence-corrected chi connectivity index (χ3v) is 3.03. The van der Waals surface area contributed by atoms with Gasteiger partial charge in [0.05, 0.1) is 0 Å². The third kappa shape index (κ3) is 1.68. The molecule has 0 fully saturated rings. The molecule has 0 aromatic carbocycles. The lowest BCUT2D eigenvalue weighted by atomic mass is 9.90. The lowest BCUT2D eigenvalue weighted by Crippen LogP contribution is -2.08. The maximum absolute atomic E-state index is 5.20. The van der Waals surface area contributed by atoms with Crippen LogP contribution in [0.3, 0.4) is 0 Å². The molecule has 2 heteroatoms. The fraction of sp³-hybridized carbons (Fsp3) is 0.545. The van der Waals surface area contributed by atoms with Gasteiger partial charge in [0.2, 0.25) is 0 Å². The average Bonchev–Trinajstić information content (AvgIpc) is 2.16. The molecule has 2 rings (SSSR count). The van der Waals surface area contributed by atoms with Crippen molar-refractivity contribution in [2.75, 3.05) is 0 Å². The fourth-order valence-electron chi connectivity index (χ4n) is 2.15. The number of aryl methyl sites for hydroxylation is 2. The number of pyridine rings is 1. The van der Waals surface area contributed by atoms with Crippen LogP contribution < -0.4 is 0 Å². The Bertz CT molecular complexity index is 345. The predicted octanol–water partition coefficient (Wildman–Crippen LogP) is 3.19. The van der Waals surface area contributed by atoms with Gasteiger partial charge < -0.3 is 4.98 Å². The highest BCUT2D eigenvalue weighted by Crippen LogP contribution is 2.23. The summed E-state index contributed by atoms with van der Waals surface area (Å²) in [6, 6.07) is 2.14. The largest absolute Gasteiger partial charge is 0.350 e. The van der Waals surface area contributed by atoms with Gasteiger partial charge in [0.15, 0.2) is 0 Å². The van der Waals surface area contributed by atoms with Crippen molar-refractivity contribution in [1.29, 1.82) is 0 Å². The molecule has 0 radical (unpaired) electrons. The number of H-pyrrole nitrogens is 1. The zero-order valence-electron chi connectivity index (χ0n) is 8.02. The van der Waals surface area contributed by atoms with Crippen molar-refractivity contribution in [3.63, 3.8) is 0 Å². The van der Waals surface area contributed by atoms with Gasteiger partial charge in [0, 0.05) is 5.69 Å². The van der Waals surface area contributed by atoms with E-state index in [0.717, 1.165) is 11.1 Å². The summed E-state index contributed by atoms with van der Waals surface area (Å²) in [5, 5.41) is 0. The van der Waals surface area contributed by atoms with Gasteiger partial charge >= 0.3 is 0 Å². The van der Waals surface area contributed by atoms with E-state index in [0.29, 0.717) is 0 Å². The summed E-state index contributed by atoms with van der Waals surface area (Å²) in [7, 11) is 0. The lowest BCUT2D eigenvalue weighted by molar-refractivity contribution is 0.672. The summed E-state index contributed by atoms with van der Waals surface area (Å²) in [4.78, 5) is 3.30. The minimum absolute atomic E-state index is 0.900. The second kappa shape index (κ2) is 3.62. The molecule has 1 heterocycles.